The van der Waals surface area contributed by atoms with Gasteiger partial charge in [-0.2, -0.15) is 0 Å². The van der Waals surface area contributed by atoms with Crippen LogP contribution in [0.5, 0.6) is 0 Å². The summed E-state index contributed by atoms with van der Waals surface area (Å²) in [4.78, 5) is 12.3. The Morgan fingerprint density at radius 1 is 1.22 bits per heavy atom. The summed E-state index contributed by atoms with van der Waals surface area (Å²) >= 11 is 3.36. The Labute approximate surface area is 143 Å². The molecule has 1 aliphatic rings. The standard InChI is InChI=1S/C16H15BrN2O3S/c1-23(21,22)19-9-8-11-10-12(6-7-15(11)19)18-16(20)13-4-2-3-5-14(13)17/h2-7,10H,8-9H2,1H3,(H,18,20). The second-order valence-electron chi connectivity index (χ2n) is 5.36. The molecular weight excluding hydrogens is 380 g/mol. The van der Waals surface area contributed by atoms with Gasteiger partial charge in [0.1, 0.15) is 0 Å². The van der Waals surface area contributed by atoms with Crippen LogP contribution in [0, 0.1) is 0 Å². The lowest BCUT2D eigenvalue weighted by molar-refractivity contribution is 0.102. The van der Waals surface area contributed by atoms with Crippen molar-refractivity contribution in [3.05, 3.63) is 58.1 Å². The summed E-state index contributed by atoms with van der Waals surface area (Å²) in [5.74, 6) is -0.213. The minimum Gasteiger partial charge on any atom is -0.322 e. The van der Waals surface area contributed by atoms with E-state index < -0.39 is 10.0 Å². The topological polar surface area (TPSA) is 66.5 Å². The summed E-state index contributed by atoms with van der Waals surface area (Å²) in [6.07, 6.45) is 1.84. The number of nitrogens with one attached hydrogen (secondary N) is 1. The molecule has 2 aromatic carbocycles. The van der Waals surface area contributed by atoms with E-state index in [9.17, 15) is 13.2 Å². The van der Waals surface area contributed by atoms with Crippen molar-refractivity contribution in [2.45, 2.75) is 6.42 Å². The molecule has 23 heavy (non-hydrogen) atoms. The van der Waals surface area contributed by atoms with Crippen LogP contribution in [0.2, 0.25) is 0 Å². The maximum atomic E-state index is 12.3. The van der Waals surface area contributed by atoms with Crippen LogP contribution in [0.3, 0.4) is 0 Å². The molecule has 0 saturated carbocycles. The highest BCUT2D eigenvalue weighted by molar-refractivity contribution is 9.10. The van der Waals surface area contributed by atoms with E-state index >= 15 is 0 Å². The van der Waals surface area contributed by atoms with Crippen molar-refractivity contribution in [3.63, 3.8) is 0 Å². The molecule has 7 heteroatoms. The van der Waals surface area contributed by atoms with Crippen molar-refractivity contribution < 1.29 is 13.2 Å². The van der Waals surface area contributed by atoms with Crippen LogP contribution in [0.4, 0.5) is 11.4 Å². The van der Waals surface area contributed by atoms with Crippen LogP contribution in [-0.4, -0.2) is 27.1 Å². The Bertz CT molecular complexity index is 881. The smallest absolute Gasteiger partial charge is 0.256 e. The Morgan fingerprint density at radius 3 is 2.65 bits per heavy atom. The number of carbonyl (C=O) groups is 1. The summed E-state index contributed by atoms with van der Waals surface area (Å²) in [5.41, 5.74) is 2.80. The number of sulfonamides is 1. The van der Waals surface area contributed by atoms with Gasteiger partial charge in [-0.05, 0) is 58.2 Å². The number of benzene rings is 2. The number of anilines is 2. The molecule has 3 rings (SSSR count). The minimum atomic E-state index is -3.26. The van der Waals surface area contributed by atoms with Crippen molar-refractivity contribution in [2.75, 3.05) is 22.4 Å². The molecule has 1 N–H and O–H groups in total. The molecule has 120 valence electrons. The molecule has 0 spiro atoms. The number of hydrogen-bond donors (Lipinski definition) is 1. The van der Waals surface area contributed by atoms with E-state index in [1.165, 1.54) is 10.6 Å². The van der Waals surface area contributed by atoms with Crippen LogP contribution in [0.25, 0.3) is 0 Å². The van der Waals surface area contributed by atoms with E-state index in [-0.39, 0.29) is 5.91 Å². The normalized spacial score (nSPS) is 13.7. The molecule has 0 radical (unpaired) electrons. The molecule has 1 amide bonds. The zero-order valence-electron chi connectivity index (χ0n) is 12.4. The van der Waals surface area contributed by atoms with Crippen LogP contribution in [-0.2, 0) is 16.4 Å². The summed E-state index contributed by atoms with van der Waals surface area (Å²) in [6.45, 7) is 0.440. The fraction of sp³-hybridized carbons (Fsp3) is 0.188. The zero-order valence-corrected chi connectivity index (χ0v) is 14.8. The van der Waals surface area contributed by atoms with Gasteiger partial charge in [-0.3, -0.25) is 9.10 Å². The van der Waals surface area contributed by atoms with E-state index in [4.69, 9.17) is 0 Å². The number of hydrogen-bond acceptors (Lipinski definition) is 3. The maximum absolute atomic E-state index is 12.3. The van der Waals surface area contributed by atoms with E-state index in [0.29, 0.717) is 29.9 Å². The molecule has 5 nitrogen and oxygen atoms in total. The van der Waals surface area contributed by atoms with Gasteiger partial charge in [0.25, 0.3) is 5.91 Å². The molecule has 1 aliphatic heterocycles. The van der Waals surface area contributed by atoms with Gasteiger partial charge in [-0.1, -0.05) is 12.1 Å². The first kappa shape index (κ1) is 16.0. The molecule has 0 atom stereocenters. The molecule has 0 aliphatic carbocycles. The first-order valence-electron chi connectivity index (χ1n) is 7.03. The van der Waals surface area contributed by atoms with E-state index in [1.807, 2.05) is 18.2 Å². The number of carbonyl (C=O) groups excluding carboxylic acids is 1. The van der Waals surface area contributed by atoms with E-state index in [1.54, 1.807) is 24.3 Å². The predicted octanol–water partition coefficient (Wildman–Crippen LogP) is 3.02. The first-order valence-corrected chi connectivity index (χ1v) is 9.67. The molecule has 0 fully saturated rings. The van der Waals surface area contributed by atoms with Crippen LogP contribution in [0.15, 0.2) is 46.9 Å². The lowest BCUT2D eigenvalue weighted by Crippen LogP contribution is -2.27. The monoisotopic (exact) mass is 394 g/mol. The average molecular weight is 395 g/mol. The second kappa shape index (κ2) is 5.98. The van der Waals surface area contributed by atoms with Crippen molar-refractivity contribution in [2.24, 2.45) is 0 Å². The van der Waals surface area contributed by atoms with Gasteiger partial charge < -0.3 is 5.32 Å². The summed E-state index contributed by atoms with van der Waals surface area (Å²) in [7, 11) is -3.26. The minimum absolute atomic E-state index is 0.213. The maximum Gasteiger partial charge on any atom is 0.256 e. The zero-order chi connectivity index (χ0) is 16.6. The largest absolute Gasteiger partial charge is 0.322 e. The molecule has 0 bridgehead atoms. The molecule has 0 saturated heterocycles. The Hall–Kier alpha value is -1.86. The molecule has 0 aromatic heterocycles. The lowest BCUT2D eigenvalue weighted by atomic mass is 10.1. The van der Waals surface area contributed by atoms with Gasteiger partial charge in [0.2, 0.25) is 10.0 Å². The quantitative estimate of drug-likeness (QED) is 0.869. The highest BCUT2D eigenvalue weighted by Crippen LogP contribution is 2.32. The van der Waals surface area contributed by atoms with E-state index in [2.05, 4.69) is 21.2 Å². The fourth-order valence-corrected chi connectivity index (χ4v) is 4.06. The first-order chi connectivity index (χ1) is 10.9. The van der Waals surface area contributed by atoms with Crippen LogP contribution < -0.4 is 9.62 Å². The number of fused-ring (bicyclic) bond motifs is 1. The van der Waals surface area contributed by atoms with Gasteiger partial charge in [0.05, 0.1) is 17.5 Å². The Kier molecular flexibility index (Phi) is 4.16. The Morgan fingerprint density at radius 2 is 1.96 bits per heavy atom. The summed E-state index contributed by atoms with van der Waals surface area (Å²) < 4.78 is 25.6. The molecular formula is C16H15BrN2O3S. The molecule has 1 heterocycles. The van der Waals surface area contributed by atoms with Crippen molar-refractivity contribution in [3.8, 4) is 0 Å². The Balaban J connectivity index is 1.84. The van der Waals surface area contributed by atoms with E-state index in [0.717, 1.165) is 10.0 Å². The van der Waals surface area contributed by atoms with Crippen molar-refractivity contribution in [1.82, 2.24) is 0 Å². The van der Waals surface area contributed by atoms with Gasteiger partial charge in [0.15, 0.2) is 0 Å². The molecule has 2 aromatic rings. The van der Waals surface area contributed by atoms with Crippen LogP contribution >= 0.6 is 15.9 Å². The van der Waals surface area contributed by atoms with Crippen LogP contribution in [0.1, 0.15) is 15.9 Å². The summed E-state index contributed by atoms with van der Waals surface area (Å²) in [5, 5.41) is 2.85. The third-order valence-corrected chi connectivity index (χ3v) is 5.58. The van der Waals surface area contributed by atoms with Gasteiger partial charge >= 0.3 is 0 Å². The predicted molar refractivity (Wildman–Crippen MR) is 94.4 cm³/mol. The fourth-order valence-electron chi connectivity index (χ4n) is 2.64. The number of amides is 1. The third kappa shape index (κ3) is 3.25. The number of halogens is 1. The highest BCUT2D eigenvalue weighted by Gasteiger charge is 2.26. The third-order valence-electron chi connectivity index (χ3n) is 3.71. The summed E-state index contributed by atoms with van der Waals surface area (Å²) in [6, 6.07) is 12.5. The number of rotatable bonds is 3. The van der Waals surface area contributed by atoms with Gasteiger partial charge in [-0.25, -0.2) is 8.42 Å². The van der Waals surface area contributed by atoms with Crippen molar-refractivity contribution in [1.29, 1.82) is 0 Å². The second-order valence-corrected chi connectivity index (χ2v) is 8.12. The molecule has 0 unspecified atom stereocenters. The SMILES string of the molecule is CS(=O)(=O)N1CCc2cc(NC(=O)c3ccccc3Br)ccc21. The highest BCUT2D eigenvalue weighted by atomic mass is 79.9. The van der Waals surface area contributed by atoms with Gasteiger partial charge in [0, 0.05) is 16.7 Å². The van der Waals surface area contributed by atoms with Gasteiger partial charge in [-0.15, -0.1) is 0 Å². The average Bonchev–Trinajstić information content (AvgIpc) is 2.90. The van der Waals surface area contributed by atoms with Crippen molar-refractivity contribution >= 4 is 43.2 Å². The lowest BCUT2D eigenvalue weighted by Gasteiger charge is -2.16. The number of nitrogens with zero attached hydrogens (tertiary/aromatic N) is 1.